The largest absolute Gasteiger partial charge is 0.417 e. The fourth-order valence-electron chi connectivity index (χ4n) is 2.10. The molecule has 1 heterocycles. The monoisotopic (exact) mass is 326 g/mol. The first-order valence-corrected chi connectivity index (χ1v) is 7.07. The van der Waals surface area contributed by atoms with Crippen molar-refractivity contribution in [3.05, 3.63) is 52.9 Å². The van der Waals surface area contributed by atoms with Crippen molar-refractivity contribution in [3.63, 3.8) is 0 Å². The van der Waals surface area contributed by atoms with Crippen LogP contribution < -0.4 is 0 Å². The van der Waals surface area contributed by atoms with Crippen molar-refractivity contribution in [2.45, 2.75) is 32.5 Å². The van der Waals surface area contributed by atoms with Crippen molar-refractivity contribution in [1.82, 2.24) is 10.1 Å². The van der Waals surface area contributed by atoms with E-state index in [9.17, 15) is 18.0 Å². The van der Waals surface area contributed by atoms with Gasteiger partial charge in [-0.25, -0.2) is 0 Å². The lowest BCUT2D eigenvalue weighted by Crippen LogP contribution is -2.28. The molecule has 0 spiro atoms. The van der Waals surface area contributed by atoms with Crippen LogP contribution in [0.25, 0.3) is 0 Å². The summed E-state index contributed by atoms with van der Waals surface area (Å²) >= 11 is 0. The number of hydrogen-bond donors (Lipinski definition) is 0. The molecule has 0 fully saturated rings. The van der Waals surface area contributed by atoms with Crippen molar-refractivity contribution in [1.29, 1.82) is 0 Å². The van der Waals surface area contributed by atoms with Crippen LogP contribution in [0.3, 0.4) is 0 Å². The number of alkyl halides is 3. The predicted octanol–water partition coefficient (Wildman–Crippen LogP) is 4.09. The van der Waals surface area contributed by atoms with Crippen LogP contribution >= 0.6 is 0 Å². The Morgan fingerprint density at radius 1 is 1.30 bits per heavy atom. The second kappa shape index (κ2) is 6.44. The van der Waals surface area contributed by atoms with Crippen molar-refractivity contribution < 1.29 is 22.5 Å². The number of halogens is 3. The molecule has 23 heavy (non-hydrogen) atoms. The molecule has 0 aliphatic heterocycles. The number of nitrogens with zero attached hydrogens (tertiary/aromatic N) is 2. The maximum absolute atomic E-state index is 13.0. The third-order valence-corrected chi connectivity index (χ3v) is 3.37. The van der Waals surface area contributed by atoms with E-state index in [0.717, 1.165) is 11.8 Å². The predicted molar refractivity (Wildman–Crippen MR) is 77.8 cm³/mol. The molecule has 0 saturated heterocycles. The van der Waals surface area contributed by atoms with Gasteiger partial charge in [-0.2, -0.15) is 13.2 Å². The van der Waals surface area contributed by atoms with Gasteiger partial charge in [-0.05, 0) is 18.1 Å². The minimum Gasteiger partial charge on any atom is -0.359 e. The summed E-state index contributed by atoms with van der Waals surface area (Å²) in [7, 11) is 1.42. The van der Waals surface area contributed by atoms with Crippen LogP contribution in [0, 0.1) is 0 Å². The van der Waals surface area contributed by atoms with E-state index in [0.29, 0.717) is 5.76 Å². The first-order valence-electron chi connectivity index (χ1n) is 7.07. The molecule has 1 amide bonds. The fraction of sp³-hybridized carbons (Fsp3) is 0.375. The molecule has 0 radical (unpaired) electrons. The minimum atomic E-state index is -4.58. The van der Waals surface area contributed by atoms with Gasteiger partial charge in [-0.15, -0.1) is 0 Å². The molecule has 0 saturated carbocycles. The summed E-state index contributed by atoms with van der Waals surface area (Å²) in [6, 6.07) is 6.42. The van der Waals surface area contributed by atoms with Gasteiger partial charge in [0.05, 0.1) is 23.4 Å². The Bertz CT molecular complexity index is 693. The highest BCUT2D eigenvalue weighted by molar-refractivity contribution is 5.95. The molecule has 0 N–H and O–H groups in total. The Labute approximate surface area is 131 Å². The van der Waals surface area contributed by atoms with Crippen LogP contribution in [0.1, 0.15) is 47.1 Å². The maximum atomic E-state index is 13.0. The minimum absolute atomic E-state index is 0.0464. The lowest BCUT2D eigenvalue weighted by Gasteiger charge is -2.18. The number of aromatic nitrogens is 1. The lowest BCUT2D eigenvalue weighted by atomic mass is 10.1. The number of amides is 1. The Balaban J connectivity index is 2.20. The molecule has 124 valence electrons. The van der Waals surface area contributed by atoms with Gasteiger partial charge in [0.2, 0.25) is 0 Å². The smallest absolute Gasteiger partial charge is 0.359 e. The van der Waals surface area contributed by atoms with Gasteiger partial charge in [0.25, 0.3) is 5.91 Å². The Hall–Kier alpha value is -2.31. The molecule has 1 aromatic heterocycles. The van der Waals surface area contributed by atoms with Crippen molar-refractivity contribution >= 4 is 5.91 Å². The van der Waals surface area contributed by atoms with E-state index in [1.807, 2.05) is 13.8 Å². The summed E-state index contributed by atoms with van der Waals surface area (Å²) in [6.07, 6.45) is -4.58. The number of rotatable bonds is 4. The van der Waals surface area contributed by atoms with E-state index in [-0.39, 0.29) is 18.0 Å². The first-order chi connectivity index (χ1) is 10.7. The summed E-state index contributed by atoms with van der Waals surface area (Å²) < 4.78 is 44.1. The maximum Gasteiger partial charge on any atom is 0.417 e. The van der Waals surface area contributed by atoms with Crippen LogP contribution in [0.5, 0.6) is 0 Å². The summed E-state index contributed by atoms with van der Waals surface area (Å²) in [5.41, 5.74) is -0.597. The highest BCUT2D eigenvalue weighted by Gasteiger charge is 2.35. The highest BCUT2D eigenvalue weighted by atomic mass is 19.4. The molecule has 2 rings (SSSR count). The van der Waals surface area contributed by atoms with Crippen molar-refractivity contribution in [2.24, 2.45) is 0 Å². The van der Waals surface area contributed by atoms with Crippen LogP contribution in [-0.2, 0) is 12.7 Å². The second-order valence-corrected chi connectivity index (χ2v) is 5.58. The van der Waals surface area contributed by atoms with Crippen LogP contribution in [0.2, 0.25) is 0 Å². The Kier molecular flexibility index (Phi) is 4.77. The average molecular weight is 326 g/mol. The standard InChI is InChI=1S/C16H17F3N2O2/c1-10(2)14-8-11(23-20-14)9-21(3)15(22)12-6-4-5-7-13(12)16(17,18)19/h4-8,10H,9H2,1-3H3. The van der Waals surface area contributed by atoms with Gasteiger partial charge in [-0.1, -0.05) is 31.1 Å². The zero-order valence-corrected chi connectivity index (χ0v) is 13.0. The van der Waals surface area contributed by atoms with Crippen LogP contribution in [0.15, 0.2) is 34.9 Å². The molecule has 1 aromatic carbocycles. The molecule has 7 heteroatoms. The number of hydrogen-bond acceptors (Lipinski definition) is 3. The average Bonchev–Trinajstić information content (AvgIpc) is 2.94. The van der Waals surface area contributed by atoms with Gasteiger partial charge >= 0.3 is 6.18 Å². The molecule has 0 aliphatic carbocycles. The molecule has 2 aromatic rings. The molecular weight excluding hydrogens is 309 g/mol. The molecule has 0 unspecified atom stereocenters. The fourth-order valence-corrected chi connectivity index (χ4v) is 2.10. The number of benzene rings is 1. The summed E-state index contributed by atoms with van der Waals surface area (Å²) in [6.45, 7) is 3.93. The molecule has 0 aliphatic rings. The van der Waals surface area contributed by atoms with Gasteiger partial charge in [0.15, 0.2) is 5.76 Å². The molecule has 0 atom stereocenters. The molecule has 0 bridgehead atoms. The number of carbonyl (C=O) groups is 1. The van der Waals surface area contributed by atoms with Gasteiger partial charge in [0, 0.05) is 13.1 Å². The van der Waals surface area contributed by atoms with E-state index < -0.39 is 17.6 Å². The van der Waals surface area contributed by atoms with E-state index in [1.54, 1.807) is 6.07 Å². The third-order valence-electron chi connectivity index (χ3n) is 3.37. The first kappa shape index (κ1) is 17.1. The van der Waals surface area contributed by atoms with Crippen molar-refractivity contribution in [3.8, 4) is 0 Å². The summed E-state index contributed by atoms with van der Waals surface area (Å²) in [5, 5.41) is 3.86. The zero-order chi connectivity index (χ0) is 17.2. The third kappa shape index (κ3) is 3.91. The zero-order valence-electron chi connectivity index (χ0n) is 13.0. The van der Waals surface area contributed by atoms with E-state index >= 15 is 0 Å². The van der Waals surface area contributed by atoms with Gasteiger partial charge in [-0.3, -0.25) is 4.79 Å². The van der Waals surface area contributed by atoms with Crippen LogP contribution in [-0.4, -0.2) is 23.0 Å². The van der Waals surface area contributed by atoms with Gasteiger partial charge in [0.1, 0.15) is 0 Å². The van der Waals surface area contributed by atoms with E-state index in [1.165, 1.54) is 30.1 Å². The summed E-state index contributed by atoms with van der Waals surface area (Å²) in [5.74, 6) is -0.131. The number of carbonyl (C=O) groups excluding carboxylic acids is 1. The Morgan fingerprint density at radius 2 is 1.96 bits per heavy atom. The van der Waals surface area contributed by atoms with Crippen molar-refractivity contribution in [2.75, 3.05) is 7.05 Å². The molecule has 4 nitrogen and oxygen atoms in total. The Morgan fingerprint density at radius 3 is 2.52 bits per heavy atom. The summed E-state index contributed by atoms with van der Waals surface area (Å²) in [4.78, 5) is 13.5. The lowest BCUT2D eigenvalue weighted by molar-refractivity contribution is -0.138. The SMILES string of the molecule is CC(C)c1cc(CN(C)C(=O)c2ccccc2C(F)(F)F)on1. The molecular formula is C16H17F3N2O2. The normalized spacial score (nSPS) is 11.8. The van der Waals surface area contributed by atoms with E-state index in [2.05, 4.69) is 5.16 Å². The quantitative estimate of drug-likeness (QED) is 0.850. The highest BCUT2D eigenvalue weighted by Crippen LogP contribution is 2.32. The van der Waals surface area contributed by atoms with Gasteiger partial charge < -0.3 is 9.42 Å². The van der Waals surface area contributed by atoms with Crippen LogP contribution in [0.4, 0.5) is 13.2 Å². The van der Waals surface area contributed by atoms with E-state index in [4.69, 9.17) is 4.52 Å². The second-order valence-electron chi connectivity index (χ2n) is 5.58. The topological polar surface area (TPSA) is 46.3 Å².